The van der Waals surface area contributed by atoms with E-state index in [0.29, 0.717) is 12.8 Å². The van der Waals surface area contributed by atoms with Crippen molar-refractivity contribution in [3.05, 3.63) is 102 Å². The number of aryl methyl sites for hydroxylation is 1. The zero-order valence-corrected chi connectivity index (χ0v) is 19.9. The van der Waals surface area contributed by atoms with Crippen LogP contribution in [0.3, 0.4) is 0 Å². The number of urea groups is 1. The Kier molecular flexibility index (Phi) is 6.98. The van der Waals surface area contributed by atoms with Gasteiger partial charge in [-0.05, 0) is 55.6 Å². The zero-order chi connectivity index (χ0) is 24.1. The fraction of sp³-hybridized carbons (Fsp3) is 0.286. The number of ether oxygens (including phenoxy) is 1. The molecule has 176 valence electrons. The predicted molar refractivity (Wildman–Crippen MR) is 132 cm³/mol. The van der Waals surface area contributed by atoms with Crippen molar-refractivity contribution in [1.29, 1.82) is 0 Å². The lowest BCUT2D eigenvalue weighted by Gasteiger charge is -2.31. The van der Waals surface area contributed by atoms with Gasteiger partial charge in [0.1, 0.15) is 11.3 Å². The maximum atomic E-state index is 13.4. The van der Waals surface area contributed by atoms with Gasteiger partial charge in [0.2, 0.25) is 0 Å². The maximum absolute atomic E-state index is 13.4. The molecule has 0 bridgehead atoms. The second-order valence-corrected chi connectivity index (χ2v) is 8.97. The van der Waals surface area contributed by atoms with Crippen molar-refractivity contribution in [3.8, 4) is 5.75 Å². The number of hydrogen-bond donors (Lipinski definition) is 1. The maximum Gasteiger partial charge on any atom is 0.326 e. The first-order valence-electron chi connectivity index (χ1n) is 11.5. The van der Waals surface area contributed by atoms with Gasteiger partial charge >= 0.3 is 6.03 Å². The summed E-state index contributed by atoms with van der Waals surface area (Å²) in [4.78, 5) is 29.6. The Labute approximate surface area is 201 Å². The Morgan fingerprint density at radius 1 is 0.912 bits per heavy atom. The lowest BCUT2D eigenvalue weighted by molar-refractivity contribution is -0.132. The molecule has 1 saturated heterocycles. The van der Waals surface area contributed by atoms with Crippen molar-refractivity contribution >= 4 is 11.9 Å². The molecule has 1 heterocycles. The largest absolute Gasteiger partial charge is 0.497 e. The van der Waals surface area contributed by atoms with Gasteiger partial charge in [-0.3, -0.25) is 9.69 Å². The minimum Gasteiger partial charge on any atom is -0.497 e. The molecular formula is C28H31N3O3. The van der Waals surface area contributed by atoms with Crippen LogP contribution >= 0.6 is 0 Å². The number of hydrogen-bond acceptors (Lipinski definition) is 4. The number of rotatable bonds is 9. The highest BCUT2D eigenvalue weighted by molar-refractivity contribution is 6.06. The first-order chi connectivity index (χ1) is 16.4. The first kappa shape index (κ1) is 23.5. The average molecular weight is 458 g/mol. The Balaban J connectivity index is 1.49. The third kappa shape index (κ3) is 4.97. The monoisotopic (exact) mass is 457 g/mol. The van der Waals surface area contributed by atoms with Gasteiger partial charge in [-0.1, -0.05) is 72.8 Å². The molecule has 1 unspecified atom stereocenters. The third-order valence-corrected chi connectivity index (χ3v) is 6.45. The van der Waals surface area contributed by atoms with Gasteiger partial charge < -0.3 is 10.1 Å². The van der Waals surface area contributed by atoms with Gasteiger partial charge in [-0.15, -0.1) is 0 Å². The Morgan fingerprint density at radius 3 is 2.00 bits per heavy atom. The fourth-order valence-electron chi connectivity index (χ4n) is 4.51. The fourth-order valence-corrected chi connectivity index (χ4v) is 4.51. The van der Waals surface area contributed by atoms with E-state index >= 15 is 0 Å². The van der Waals surface area contributed by atoms with Gasteiger partial charge in [0.05, 0.1) is 19.8 Å². The summed E-state index contributed by atoms with van der Waals surface area (Å²) in [6, 6.07) is 27.6. The van der Waals surface area contributed by atoms with E-state index < -0.39 is 5.54 Å². The molecule has 3 amide bonds. The number of imide groups is 1. The van der Waals surface area contributed by atoms with E-state index in [9.17, 15) is 9.59 Å². The molecule has 34 heavy (non-hydrogen) atoms. The predicted octanol–water partition coefficient (Wildman–Crippen LogP) is 4.62. The summed E-state index contributed by atoms with van der Waals surface area (Å²) in [6.45, 7) is 2.00. The van der Waals surface area contributed by atoms with Crippen LogP contribution in [0.25, 0.3) is 0 Å². The molecule has 0 aromatic heterocycles. The van der Waals surface area contributed by atoms with Crippen molar-refractivity contribution in [2.24, 2.45) is 0 Å². The number of carbonyl (C=O) groups is 2. The average Bonchev–Trinajstić information content (AvgIpc) is 3.08. The molecular weight excluding hydrogens is 426 g/mol. The minimum atomic E-state index is -0.938. The van der Waals surface area contributed by atoms with Crippen molar-refractivity contribution in [2.75, 3.05) is 20.8 Å². The SMILES string of the molecule is COc1ccc(CCC2(C)NC(=O)N(CN(C)C(c3ccccc3)c3ccccc3)C2=O)cc1. The number of amides is 3. The lowest BCUT2D eigenvalue weighted by Crippen LogP contribution is -2.45. The molecule has 0 radical (unpaired) electrons. The van der Waals surface area contributed by atoms with Gasteiger partial charge in [-0.25, -0.2) is 9.69 Å². The molecule has 4 rings (SSSR count). The molecule has 3 aromatic carbocycles. The summed E-state index contributed by atoms with van der Waals surface area (Å²) in [7, 11) is 3.58. The number of carbonyl (C=O) groups excluding carboxylic acids is 2. The van der Waals surface area contributed by atoms with E-state index in [-0.39, 0.29) is 24.6 Å². The first-order valence-corrected chi connectivity index (χ1v) is 11.5. The van der Waals surface area contributed by atoms with Crippen molar-refractivity contribution in [2.45, 2.75) is 31.3 Å². The highest BCUT2D eigenvalue weighted by Gasteiger charge is 2.47. The van der Waals surface area contributed by atoms with Crippen LogP contribution in [0.5, 0.6) is 5.75 Å². The van der Waals surface area contributed by atoms with E-state index in [1.54, 1.807) is 7.11 Å². The third-order valence-electron chi connectivity index (χ3n) is 6.45. The van der Waals surface area contributed by atoms with E-state index in [2.05, 4.69) is 29.6 Å². The molecule has 1 atom stereocenters. The molecule has 1 N–H and O–H groups in total. The van der Waals surface area contributed by atoms with Crippen LogP contribution < -0.4 is 10.1 Å². The van der Waals surface area contributed by atoms with Crippen LogP contribution in [-0.4, -0.2) is 48.1 Å². The van der Waals surface area contributed by atoms with Crippen LogP contribution in [0.4, 0.5) is 4.79 Å². The van der Waals surface area contributed by atoms with Crippen LogP contribution in [0.15, 0.2) is 84.9 Å². The Bertz CT molecular complexity index is 1080. The van der Waals surface area contributed by atoms with Crippen LogP contribution in [0.2, 0.25) is 0 Å². The smallest absolute Gasteiger partial charge is 0.326 e. The molecule has 1 aliphatic rings. The number of nitrogens with zero attached hydrogens (tertiary/aromatic N) is 2. The summed E-state index contributed by atoms with van der Waals surface area (Å²) in [5, 5.41) is 2.93. The second-order valence-electron chi connectivity index (χ2n) is 8.97. The number of benzene rings is 3. The van der Waals surface area contributed by atoms with E-state index in [0.717, 1.165) is 22.4 Å². The summed E-state index contributed by atoms with van der Waals surface area (Å²) < 4.78 is 5.21. The standard InChI is InChI=1S/C28H31N3O3/c1-28(19-18-21-14-16-24(34-3)17-15-21)26(32)31(27(33)29-28)20-30(2)25(22-10-6-4-7-11-22)23-12-8-5-9-13-23/h4-17,25H,18-20H2,1-3H3,(H,29,33). The molecule has 6 heteroatoms. The molecule has 1 fully saturated rings. The van der Waals surface area contributed by atoms with Crippen LogP contribution in [0.1, 0.15) is 36.1 Å². The van der Waals surface area contributed by atoms with Gasteiger partial charge in [0, 0.05) is 0 Å². The molecule has 3 aromatic rings. The lowest BCUT2D eigenvalue weighted by atomic mass is 9.93. The Morgan fingerprint density at radius 2 is 1.47 bits per heavy atom. The summed E-state index contributed by atoms with van der Waals surface area (Å²) in [5.74, 6) is 0.596. The van der Waals surface area contributed by atoms with Crippen molar-refractivity contribution in [1.82, 2.24) is 15.1 Å². The van der Waals surface area contributed by atoms with Crippen molar-refractivity contribution < 1.29 is 14.3 Å². The molecule has 0 aliphatic carbocycles. The summed E-state index contributed by atoms with van der Waals surface area (Å²) >= 11 is 0. The highest BCUT2D eigenvalue weighted by atomic mass is 16.5. The molecule has 0 saturated carbocycles. The Hall–Kier alpha value is -3.64. The zero-order valence-electron chi connectivity index (χ0n) is 19.9. The second kappa shape index (κ2) is 10.1. The minimum absolute atomic E-state index is 0.0887. The van der Waals surface area contributed by atoms with Gasteiger partial charge in [-0.2, -0.15) is 0 Å². The summed E-state index contributed by atoms with van der Waals surface area (Å²) in [5.41, 5.74) is 2.36. The van der Waals surface area contributed by atoms with Crippen molar-refractivity contribution in [3.63, 3.8) is 0 Å². The topological polar surface area (TPSA) is 61.9 Å². The number of methoxy groups -OCH3 is 1. The highest BCUT2D eigenvalue weighted by Crippen LogP contribution is 2.30. The number of nitrogens with one attached hydrogen (secondary N) is 1. The normalized spacial score (nSPS) is 18.0. The quantitative estimate of drug-likeness (QED) is 0.477. The van der Waals surface area contributed by atoms with Gasteiger partial charge in [0.25, 0.3) is 5.91 Å². The molecule has 1 aliphatic heterocycles. The van der Waals surface area contributed by atoms with E-state index in [1.165, 1.54) is 4.90 Å². The van der Waals surface area contributed by atoms with Gasteiger partial charge in [0.15, 0.2) is 0 Å². The van der Waals surface area contributed by atoms with E-state index in [4.69, 9.17) is 4.74 Å². The molecule has 6 nitrogen and oxygen atoms in total. The molecule has 0 spiro atoms. The van der Waals surface area contributed by atoms with E-state index in [1.807, 2.05) is 79.5 Å². The van der Waals surface area contributed by atoms with Crippen LogP contribution in [-0.2, 0) is 11.2 Å². The van der Waals surface area contributed by atoms with Crippen LogP contribution in [0, 0.1) is 0 Å². The summed E-state index contributed by atoms with van der Waals surface area (Å²) in [6.07, 6.45) is 1.19.